The van der Waals surface area contributed by atoms with Crippen molar-refractivity contribution >= 4 is 35.8 Å². The number of ether oxygens (including phenoxy) is 2. The number of benzene rings is 1. The Morgan fingerprint density at radius 3 is 2.37 bits per heavy atom. The first-order valence-electron chi connectivity index (χ1n) is 10.4. The minimum atomic E-state index is 0. The Morgan fingerprint density at radius 1 is 1.17 bits per heavy atom. The van der Waals surface area contributed by atoms with E-state index in [2.05, 4.69) is 36.4 Å². The summed E-state index contributed by atoms with van der Waals surface area (Å²) in [7, 11) is 5.04. The molecule has 0 bridgehead atoms. The summed E-state index contributed by atoms with van der Waals surface area (Å²) in [6.07, 6.45) is 2.13. The summed E-state index contributed by atoms with van der Waals surface area (Å²) >= 11 is 0. The molecule has 1 aromatic carbocycles. The second-order valence-electron chi connectivity index (χ2n) is 7.82. The molecule has 0 aliphatic carbocycles. The number of guanidine groups is 1. The van der Waals surface area contributed by atoms with E-state index in [0.717, 1.165) is 36.7 Å². The van der Waals surface area contributed by atoms with Gasteiger partial charge >= 0.3 is 0 Å². The quantitative estimate of drug-likeness (QED) is 0.233. The van der Waals surface area contributed by atoms with Crippen molar-refractivity contribution < 1.29 is 14.3 Å². The van der Waals surface area contributed by atoms with E-state index < -0.39 is 0 Å². The van der Waals surface area contributed by atoms with Crippen molar-refractivity contribution in [2.24, 2.45) is 10.9 Å². The van der Waals surface area contributed by atoms with Gasteiger partial charge in [0.15, 0.2) is 17.5 Å². The summed E-state index contributed by atoms with van der Waals surface area (Å²) in [5.41, 5.74) is 2.36. The van der Waals surface area contributed by atoms with E-state index in [-0.39, 0.29) is 29.9 Å². The van der Waals surface area contributed by atoms with Gasteiger partial charge in [-0.25, -0.2) is 0 Å². The maximum atomic E-state index is 12.7. The van der Waals surface area contributed by atoms with Crippen molar-refractivity contribution in [3.8, 4) is 11.5 Å². The fourth-order valence-corrected chi connectivity index (χ4v) is 3.28. The van der Waals surface area contributed by atoms with E-state index in [9.17, 15) is 4.79 Å². The summed E-state index contributed by atoms with van der Waals surface area (Å²) < 4.78 is 10.8. The molecule has 1 amide bonds. The zero-order valence-corrected chi connectivity index (χ0v) is 21.4. The molecule has 8 heteroatoms. The van der Waals surface area contributed by atoms with Gasteiger partial charge in [0, 0.05) is 39.1 Å². The average molecular weight is 532 g/mol. The highest BCUT2D eigenvalue weighted by Crippen LogP contribution is 2.33. The van der Waals surface area contributed by atoms with Crippen LogP contribution in [0, 0.1) is 5.92 Å². The number of methoxy groups -OCH3 is 2. The molecule has 1 unspecified atom stereocenters. The van der Waals surface area contributed by atoms with E-state index in [1.165, 1.54) is 5.56 Å². The van der Waals surface area contributed by atoms with Crippen LogP contribution in [0.5, 0.6) is 11.5 Å². The number of amides is 1. The van der Waals surface area contributed by atoms with Crippen LogP contribution in [0.1, 0.15) is 44.7 Å². The fraction of sp³-hybridized carbons (Fsp3) is 0.636. The van der Waals surface area contributed by atoms with Gasteiger partial charge in [-0.3, -0.25) is 9.79 Å². The lowest BCUT2D eigenvalue weighted by molar-refractivity contribution is -0.132. The number of nitrogens with one attached hydrogen (secondary N) is 2. The molecule has 2 N–H and O–H groups in total. The van der Waals surface area contributed by atoms with E-state index in [1.807, 2.05) is 17.0 Å². The molecule has 0 fully saturated rings. The molecule has 2 rings (SSSR count). The third kappa shape index (κ3) is 7.21. The molecule has 0 saturated carbocycles. The first kappa shape index (κ1) is 26.3. The van der Waals surface area contributed by atoms with Crippen LogP contribution in [0.3, 0.4) is 0 Å². The summed E-state index contributed by atoms with van der Waals surface area (Å²) in [6.45, 7) is 8.56. The van der Waals surface area contributed by atoms with E-state index in [1.54, 1.807) is 21.3 Å². The predicted octanol–water partition coefficient (Wildman–Crippen LogP) is 3.20. The van der Waals surface area contributed by atoms with Crippen LogP contribution in [0.15, 0.2) is 17.1 Å². The van der Waals surface area contributed by atoms with Crippen LogP contribution in [-0.4, -0.2) is 57.2 Å². The van der Waals surface area contributed by atoms with Gasteiger partial charge in [-0.05, 0) is 48.9 Å². The minimum absolute atomic E-state index is 0. The molecule has 7 nitrogen and oxygen atoms in total. The van der Waals surface area contributed by atoms with Gasteiger partial charge in [-0.15, -0.1) is 24.0 Å². The molecule has 0 radical (unpaired) electrons. The second kappa shape index (κ2) is 12.9. The predicted molar refractivity (Wildman–Crippen MR) is 132 cm³/mol. The number of carbonyl (C=O) groups is 1. The van der Waals surface area contributed by atoms with Crippen molar-refractivity contribution in [1.29, 1.82) is 0 Å². The number of hydrogen-bond acceptors (Lipinski definition) is 4. The topological polar surface area (TPSA) is 75.2 Å². The molecule has 0 saturated heterocycles. The Kier molecular flexibility index (Phi) is 11.3. The number of halogens is 1. The highest BCUT2D eigenvalue weighted by atomic mass is 127. The standard InChI is InChI=1S/C22H36N4O3.HI/c1-15(2)16(3)25-22(23-4)24-10-7-8-21(27)26-11-9-17-12-19(28-5)20(29-6)13-18(17)14-26;/h12-13,15-16H,7-11,14H2,1-6H3,(H2,23,24,25);1H. The number of fused-ring (bicyclic) bond motifs is 1. The van der Waals surface area contributed by atoms with E-state index in [4.69, 9.17) is 9.47 Å². The van der Waals surface area contributed by atoms with Gasteiger partial charge in [-0.1, -0.05) is 13.8 Å². The maximum Gasteiger partial charge on any atom is 0.222 e. The average Bonchev–Trinajstić information content (AvgIpc) is 2.73. The Morgan fingerprint density at radius 2 is 1.80 bits per heavy atom. The van der Waals surface area contributed by atoms with E-state index >= 15 is 0 Å². The van der Waals surface area contributed by atoms with E-state index in [0.29, 0.717) is 37.2 Å². The summed E-state index contributed by atoms with van der Waals surface area (Å²) in [5, 5.41) is 6.66. The van der Waals surface area contributed by atoms with Crippen LogP contribution in [-0.2, 0) is 17.8 Å². The van der Waals surface area contributed by atoms with Crippen LogP contribution in [0.25, 0.3) is 0 Å². The third-order valence-corrected chi connectivity index (χ3v) is 5.52. The molecule has 170 valence electrons. The molecule has 1 aliphatic heterocycles. The summed E-state index contributed by atoms with van der Waals surface area (Å²) in [5.74, 6) is 2.94. The number of nitrogens with zero attached hydrogens (tertiary/aromatic N) is 2. The van der Waals surface area contributed by atoms with Crippen LogP contribution in [0.2, 0.25) is 0 Å². The fourth-order valence-electron chi connectivity index (χ4n) is 3.28. The van der Waals surface area contributed by atoms with Crippen molar-refractivity contribution in [3.63, 3.8) is 0 Å². The van der Waals surface area contributed by atoms with Gasteiger partial charge < -0.3 is 25.0 Å². The second-order valence-corrected chi connectivity index (χ2v) is 7.82. The molecule has 1 aliphatic rings. The smallest absolute Gasteiger partial charge is 0.222 e. The minimum Gasteiger partial charge on any atom is -0.493 e. The lowest BCUT2D eigenvalue weighted by Gasteiger charge is -2.30. The summed E-state index contributed by atoms with van der Waals surface area (Å²) in [6, 6.07) is 4.35. The van der Waals surface area contributed by atoms with Gasteiger partial charge in [0.1, 0.15) is 0 Å². The lowest BCUT2D eigenvalue weighted by atomic mass is 9.98. The van der Waals surface area contributed by atoms with Crippen molar-refractivity contribution in [3.05, 3.63) is 23.3 Å². The molecule has 30 heavy (non-hydrogen) atoms. The number of hydrogen-bond donors (Lipinski definition) is 2. The largest absolute Gasteiger partial charge is 0.493 e. The van der Waals surface area contributed by atoms with Crippen molar-refractivity contribution in [1.82, 2.24) is 15.5 Å². The van der Waals surface area contributed by atoms with Crippen LogP contribution in [0.4, 0.5) is 0 Å². The number of carbonyl (C=O) groups excluding carboxylic acids is 1. The molecular weight excluding hydrogens is 495 g/mol. The summed E-state index contributed by atoms with van der Waals surface area (Å²) in [4.78, 5) is 18.8. The molecule has 1 aromatic rings. The Hall–Kier alpha value is -1.71. The highest BCUT2D eigenvalue weighted by Gasteiger charge is 2.22. The lowest BCUT2D eigenvalue weighted by Crippen LogP contribution is -2.44. The highest BCUT2D eigenvalue weighted by molar-refractivity contribution is 14.0. The Labute approximate surface area is 198 Å². The normalized spacial score (nSPS) is 14.5. The zero-order chi connectivity index (χ0) is 21.4. The van der Waals surface area contributed by atoms with Gasteiger partial charge in [0.05, 0.1) is 14.2 Å². The first-order valence-corrected chi connectivity index (χ1v) is 10.4. The third-order valence-electron chi connectivity index (χ3n) is 5.52. The Bertz CT molecular complexity index is 725. The van der Waals surface area contributed by atoms with Crippen LogP contribution >= 0.6 is 24.0 Å². The number of rotatable bonds is 8. The monoisotopic (exact) mass is 532 g/mol. The van der Waals surface area contributed by atoms with Crippen LogP contribution < -0.4 is 20.1 Å². The zero-order valence-electron chi connectivity index (χ0n) is 19.1. The molecule has 0 aromatic heterocycles. The van der Waals surface area contributed by atoms with Gasteiger partial charge in [0.2, 0.25) is 5.91 Å². The molecule has 0 spiro atoms. The molecule has 1 heterocycles. The number of aliphatic imine (C=N–C) groups is 1. The first-order chi connectivity index (χ1) is 13.9. The van der Waals surface area contributed by atoms with Gasteiger partial charge in [-0.2, -0.15) is 0 Å². The maximum absolute atomic E-state index is 12.7. The molecular formula is C22H37IN4O3. The molecule has 1 atom stereocenters. The van der Waals surface area contributed by atoms with Crippen molar-refractivity contribution in [2.75, 3.05) is 34.4 Å². The van der Waals surface area contributed by atoms with Crippen molar-refractivity contribution in [2.45, 2.75) is 52.6 Å². The van der Waals surface area contributed by atoms with Gasteiger partial charge in [0.25, 0.3) is 0 Å². The SMILES string of the molecule is CN=C(NCCCC(=O)N1CCc2cc(OC)c(OC)cc2C1)NC(C)C(C)C.I. The Balaban J connectivity index is 0.00000450.